The molecule has 0 amide bonds. The van der Waals surface area contributed by atoms with Crippen molar-refractivity contribution in [3.63, 3.8) is 0 Å². The number of carboxylic acids is 1. The number of aliphatic carboxylic acids is 1. The van der Waals surface area contributed by atoms with Crippen LogP contribution in [0.3, 0.4) is 0 Å². The Balaban J connectivity index is 1.68. The summed E-state index contributed by atoms with van der Waals surface area (Å²) in [5, 5.41) is 9.95. The first kappa shape index (κ1) is 16.9. The van der Waals surface area contributed by atoms with Crippen LogP contribution in [-0.4, -0.2) is 11.1 Å². The Morgan fingerprint density at radius 3 is 2.50 bits per heavy atom. The van der Waals surface area contributed by atoms with Crippen molar-refractivity contribution in [1.29, 1.82) is 0 Å². The molecule has 0 spiro atoms. The van der Waals surface area contributed by atoms with Gasteiger partial charge in [-0.1, -0.05) is 33.6 Å². The second-order valence-corrected chi connectivity index (χ2v) is 10.1. The van der Waals surface area contributed by atoms with Crippen molar-refractivity contribution in [3.05, 3.63) is 0 Å². The van der Waals surface area contributed by atoms with Crippen LogP contribution in [0.25, 0.3) is 0 Å². The number of hydrogen-bond donors (Lipinski definition) is 1. The first-order valence-electron chi connectivity index (χ1n) is 10.7. The van der Waals surface area contributed by atoms with Gasteiger partial charge in [0.1, 0.15) is 0 Å². The van der Waals surface area contributed by atoms with E-state index in [0.29, 0.717) is 17.3 Å². The molecule has 0 aromatic carbocycles. The fourth-order valence-electron chi connectivity index (χ4n) is 8.52. The van der Waals surface area contributed by atoms with E-state index in [1.165, 1.54) is 51.4 Å². The summed E-state index contributed by atoms with van der Waals surface area (Å²) in [7, 11) is 0. The Morgan fingerprint density at radius 2 is 1.79 bits per heavy atom. The molecule has 0 aromatic heterocycles. The number of hydrogen-bond acceptors (Lipinski definition) is 1. The maximum atomic E-state index is 12.1. The molecule has 0 bridgehead atoms. The molecule has 4 fully saturated rings. The fraction of sp³-hybridized carbons (Fsp3) is 0.955. The van der Waals surface area contributed by atoms with Crippen molar-refractivity contribution in [2.45, 2.75) is 85.0 Å². The zero-order chi connectivity index (χ0) is 17.1. The molecule has 2 unspecified atom stereocenters. The molecule has 2 nitrogen and oxygen atoms in total. The molecular weight excluding hydrogens is 296 g/mol. The smallest absolute Gasteiger partial charge is 0.307 e. The van der Waals surface area contributed by atoms with Gasteiger partial charge in [0.15, 0.2) is 0 Å². The Kier molecular flexibility index (Phi) is 4.05. The molecule has 0 heterocycles. The zero-order valence-electron chi connectivity index (χ0n) is 15.9. The number of rotatable bonds is 2. The Morgan fingerprint density at radius 1 is 1.00 bits per heavy atom. The summed E-state index contributed by atoms with van der Waals surface area (Å²) >= 11 is 0. The summed E-state index contributed by atoms with van der Waals surface area (Å²) < 4.78 is 0. The van der Waals surface area contributed by atoms with Gasteiger partial charge in [0.25, 0.3) is 0 Å². The predicted molar refractivity (Wildman–Crippen MR) is 96.6 cm³/mol. The van der Waals surface area contributed by atoms with E-state index in [1.807, 2.05) is 0 Å². The lowest BCUT2D eigenvalue weighted by Gasteiger charge is -2.62. The van der Waals surface area contributed by atoms with Gasteiger partial charge in [-0.15, -0.1) is 0 Å². The monoisotopic (exact) mass is 332 g/mol. The van der Waals surface area contributed by atoms with Crippen LogP contribution in [0.15, 0.2) is 0 Å². The predicted octanol–water partition coefficient (Wildman–Crippen LogP) is 5.76. The van der Waals surface area contributed by atoms with Crippen LogP contribution in [0.4, 0.5) is 0 Å². The summed E-state index contributed by atoms with van der Waals surface area (Å²) in [6, 6.07) is 0. The quantitative estimate of drug-likeness (QED) is 0.698. The van der Waals surface area contributed by atoms with Gasteiger partial charge in [-0.25, -0.2) is 0 Å². The molecule has 136 valence electrons. The molecule has 2 heteroatoms. The molecule has 0 aromatic rings. The van der Waals surface area contributed by atoms with Crippen molar-refractivity contribution in [3.8, 4) is 0 Å². The van der Waals surface area contributed by atoms with Crippen molar-refractivity contribution in [1.82, 2.24) is 0 Å². The highest BCUT2D eigenvalue weighted by Crippen LogP contribution is 2.68. The third-order valence-corrected chi connectivity index (χ3v) is 9.75. The SMILES string of the molecule is CC[C@H]1CC[C@H]2[C@@H]3CCC4CCCC(C(=O)O)[C@]4(C)[C@H]3CC[C@]12C. The molecule has 0 radical (unpaired) electrons. The molecule has 0 saturated heterocycles. The lowest BCUT2D eigenvalue weighted by molar-refractivity contribution is -0.171. The minimum atomic E-state index is -0.506. The second kappa shape index (κ2) is 5.74. The van der Waals surface area contributed by atoms with Crippen LogP contribution in [0.2, 0.25) is 0 Å². The standard InChI is InChI=1S/C22H36O2/c1-4-14-9-11-17-16-10-8-15-6-5-7-19(20(23)24)22(15,3)18(16)12-13-21(14,17)2/h14-19H,4-13H2,1-3H3,(H,23,24)/t14-,15?,16-,17-,18-,19?,21+,22-/m0/s1. The minimum absolute atomic E-state index is 0.0681. The number of fused-ring (bicyclic) bond motifs is 5. The molecule has 1 N–H and O–H groups in total. The van der Waals surface area contributed by atoms with E-state index in [9.17, 15) is 9.90 Å². The van der Waals surface area contributed by atoms with Crippen LogP contribution in [-0.2, 0) is 4.79 Å². The highest BCUT2D eigenvalue weighted by atomic mass is 16.4. The molecule has 4 rings (SSSR count). The van der Waals surface area contributed by atoms with Gasteiger partial charge in [-0.3, -0.25) is 4.79 Å². The van der Waals surface area contributed by atoms with Crippen LogP contribution in [0.5, 0.6) is 0 Å². The number of carboxylic acid groups (broad SMARTS) is 1. The lowest BCUT2D eigenvalue weighted by Crippen LogP contribution is -2.57. The third-order valence-electron chi connectivity index (χ3n) is 9.75. The molecule has 0 aliphatic heterocycles. The largest absolute Gasteiger partial charge is 0.481 e. The van der Waals surface area contributed by atoms with Gasteiger partial charge in [0.05, 0.1) is 5.92 Å². The van der Waals surface area contributed by atoms with Gasteiger partial charge >= 0.3 is 5.97 Å². The maximum Gasteiger partial charge on any atom is 0.307 e. The van der Waals surface area contributed by atoms with Crippen molar-refractivity contribution >= 4 is 5.97 Å². The van der Waals surface area contributed by atoms with E-state index in [2.05, 4.69) is 20.8 Å². The summed E-state index contributed by atoms with van der Waals surface area (Å²) in [4.78, 5) is 12.1. The highest BCUT2D eigenvalue weighted by Gasteiger charge is 2.62. The number of carbonyl (C=O) groups is 1. The highest BCUT2D eigenvalue weighted by molar-refractivity contribution is 5.71. The molecule has 24 heavy (non-hydrogen) atoms. The van der Waals surface area contributed by atoms with Crippen molar-refractivity contribution in [2.75, 3.05) is 0 Å². The van der Waals surface area contributed by atoms with E-state index in [4.69, 9.17) is 0 Å². The Labute approximate surface area is 147 Å². The molecule has 4 aliphatic carbocycles. The van der Waals surface area contributed by atoms with E-state index >= 15 is 0 Å². The lowest BCUT2D eigenvalue weighted by atomic mass is 9.42. The van der Waals surface area contributed by atoms with Crippen LogP contribution >= 0.6 is 0 Å². The zero-order valence-corrected chi connectivity index (χ0v) is 15.9. The minimum Gasteiger partial charge on any atom is -0.481 e. The van der Waals surface area contributed by atoms with Crippen LogP contribution < -0.4 is 0 Å². The van der Waals surface area contributed by atoms with E-state index in [1.54, 1.807) is 0 Å². The van der Waals surface area contributed by atoms with Crippen LogP contribution in [0, 0.1) is 46.3 Å². The summed E-state index contributed by atoms with van der Waals surface area (Å²) in [5.41, 5.74) is 0.616. The Hall–Kier alpha value is -0.530. The van der Waals surface area contributed by atoms with E-state index in [0.717, 1.165) is 30.6 Å². The van der Waals surface area contributed by atoms with E-state index in [-0.39, 0.29) is 11.3 Å². The van der Waals surface area contributed by atoms with Crippen molar-refractivity contribution in [2.24, 2.45) is 46.3 Å². The molecule has 4 saturated carbocycles. The third kappa shape index (κ3) is 2.10. The summed E-state index contributed by atoms with van der Waals surface area (Å²) in [5.74, 6) is 3.34. The van der Waals surface area contributed by atoms with Gasteiger partial charge in [0, 0.05) is 0 Å². The second-order valence-electron chi connectivity index (χ2n) is 10.1. The van der Waals surface area contributed by atoms with Gasteiger partial charge in [-0.2, -0.15) is 0 Å². The normalized spacial score (nSPS) is 53.8. The average molecular weight is 333 g/mol. The Bertz CT molecular complexity index is 514. The van der Waals surface area contributed by atoms with E-state index < -0.39 is 5.97 Å². The maximum absolute atomic E-state index is 12.1. The fourth-order valence-corrected chi connectivity index (χ4v) is 8.52. The topological polar surface area (TPSA) is 37.3 Å². The molecule has 4 aliphatic rings. The van der Waals surface area contributed by atoms with Gasteiger partial charge in [0.2, 0.25) is 0 Å². The molecular formula is C22H36O2. The first-order valence-corrected chi connectivity index (χ1v) is 10.7. The summed E-state index contributed by atoms with van der Waals surface area (Å²) in [6.45, 7) is 7.35. The van der Waals surface area contributed by atoms with Crippen molar-refractivity contribution < 1.29 is 9.90 Å². The molecule has 8 atom stereocenters. The van der Waals surface area contributed by atoms with Gasteiger partial charge in [-0.05, 0) is 91.8 Å². The summed E-state index contributed by atoms with van der Waals surface area (Å²) in [6.07, 6.45) is 12.8. The van der Waals surface area contributed by atoms with Crippen LogP contribution in [0.1, 0.15) is 85.0 Å². The average Bonchev–Trinajstić information content (AvgIpc) is 2.90. The first-order chi connectivity index (χ1) is 11.4. The van der Waals surface area contributed by atoms with Gasteiger partial charge < -0.3 is 5.11 Å².